The van der Waals surface area contributed by atoms with E-state index in [1.54, 1.807) is 0 Å². The average molecular weight is 441 g/mol. The van der Waals surface area contributed by atoms with Gasteiger partial charge in [-0.3, -0.25) is 0 Å². The Kier molecular flexibility index (Phi) is 6.57. The molecule has 3 heterocycles. The highest BCUT2D eigenvalue weighted by molar-refractivity contribution is 5.95. The summed E-state index contributed by atoms with van der Waals surface area (Å²) in [5.74, 6) is 7.61. The molecule has 2 fully saturated rings. The minimum absolute atomic E-state index is 0.0522. The first-order valence-corrected chi connectivity index (χ1v) is 12.2. The van der Waals surface area contributed by atoms with Gasteiger partial charge in [-0.25, -0.2) is 9.97 Å². The molecule has 0 amide bonds. The molecule has 0 bridgehead atoms. The Bertz CT molecular complexity index is 1170. The summed E-state index contributed by atoms with van der Waals surface area (Å²) >= 11 is 0. The SMILES string of the molecule is CCN1CCN(c2nc(-c3ccnc(C#CC4CCCCC4O)c3)cc3ccccc23)CC1. The number of aliphatic hydroxyl groups excluding tert-OH is 1. The predicted octanol–water partition coefficient (Wildman–Crippen LogP) is 4.34. The minimum Gasteiger partial charge on any atom is -0.392 e. The van der Waals surface area contributed by atoms with Crippen LogP contribution in [0, 0.1) is 17.8 Å². The quantitative estimate of drug-likeness (QED) is 0.614. The Hall–Kier alpha value is -2.94. The summed E-state index contributed by atoms with van der Waals surface area (Å²) in [6.45, 7) is 7.44. The number of nitrogens with zero attached hydrogens (tertiary/aromatic N) is 4. The number of benzene rings is 1. The molecule has 1 aromatic carbocycles. The molecule has 2 atom stereocenters. The van der Waals surface area contributed by atoms with Crippen molar-refractivity contribution in [1.82, 2.24) is 14.9 Å². The number of likely N-dealkylation sites (N-methyl/N-ethyl adjacent to an activating group) is 1. The molecule has 5 heteroatoms. The van der Waals surface area contributed by atoms with Gasteiger partial charge in [0.2, 0.25) is 0 Å². The number of fused-ring (bicyclic) bond motifs is 1. The van der Waals surface area contributed by atoms with Gasteiger partial charge in [0.05, 0.1) is 11.8 Å². The van der Waals surface area contributed by atoms with Crippen LogP contribution in [0.4, 0.5) is 5.82 Å². The lowest BCUT2D eigenvalue weighted by Crippen LogP contribution is -2.46. The molecule has 5 nitrogen and oxygen atoms in total. The summed E-state index contributed by atoms with van der Waals surface area (Å²) in [4.78, 5) is 14.5. The number of aliphatic hydroxyl groups is 1. The van der Waals surface area contributed by atoms with Gasteiger partial charge in [-0.1, -0.05) is 50.0 Å². The van der Waals surface area contributed by atoms with Crippen molar-refractivity contribution in [3.63, 3.8) is 0 Å². The molecular weight excluding hydrogens is 408 g/mol. The molecule has 3 aromatic rings. The van der Waals surface area contributed by atoms with Crippen molar-refractivity contribution in [3.05, 3.63) is 54.4 Å². The van der Waals surface area contributed by atoms with E-state index >= 15 is 0 Å². The van der Waals surface area contributed by atoms with Crippen molar-refractivity contribution in [2.24, 2.45) is 5.92 Å². The molecule has 33 heavy (non-hydrogen) atoms. The van der Waals surface area contributed by atoms with Gasteiger partial charge in [-0.2, -0.15) is 0 Å². The van der Waals surface area contributed by atoms with E-state index in [0.717, 1.165) is 81.2 Å². The molecule has 2 unspecified atom stereocenters. The molecule has 1 N–H and O–H groups in total. The van der Waals surface area contributed by atoms with Crippen LogP contribution in [0.3, 0.4) is 0 Å². The van der Waals surface area contributed by atoms with Crippen LogP contribution in [0.15, 0.2) is 48.7 Å². The van der Waals surface area contributed by atoms with Crippen molar-refractivity contribution in [1.29, 1.82) is 0 Å². The van der Waals surface area contributed by atoms with E-state index in [-0.39, 0.29) is 12.0 Å². The maximum absolute atomic E-state index is 10.2. The molecule has 0 spiro atoms. The second-order valence-electron chi connectivity index (χ2n) is 9.13. The zero-order valence-electron chi connectivity index (χ0n) is 19.4. The van der Waals surface area contributed by atoms with Gasteiger partial charge in [0, 0.05) is 49.2 Å². The Morgan fingerprint density at radius 2 is 1.85 bits per heavy atom. The molecule has 5 rings (SSSR count). The fourth-order valence-corrected chi connectivity index (χ4v) is 4.95. The summed E-state index contributed by atoms with van der Waals surface area (Å²) in [7, 11) is 0. The number of anilines is 1. The number of pyridine rings is 2. The van der Waals surface area contributed by atoms with Crippen LogP contribution in [0.5, 0.6) is 0 Å². The lowest BCUT2D eigenvalue weighted by Gasteiger charge is -2.35. The first-order chi connectivity index (χ1) is 16.2. The van der Waals surface area contributed by atoms with Gasteiger partial charge < -0.3 is 14.9 Å². The van der Waals surface area contributed by atoms with Crippen LogP contribution in [0.25, 0.3) is 22.0 Å². The number of hydrogen-bond donors (Lipinski definition) is 1. The number of rotatable bonds is 3. The topological polar surface area (TPSA) is 52.5 Å². The standard InChI is InChI=1S/C28H32N4O/c1-2-31-15-17-32(18-16-31)28-25-9-5-3-8-22(25)20-26(30-28)23-13-14-29-24(19-23)12-11-21-7-4-6-10-27(21)33/h3,5,8-9,13-14,19-21,27,33H,2,4,6-7,10,15-18H2,1H3. The number of hydrogen-bond acceptors (Lipinski definition) is 5. The van der Waals surface area contributed by atoms with Gasteiger partial charge in [0.1, 0.15) is 11.5 Å². The summed E-state index contributed by atoms with van der Waals surface area (Å²) in [6, 6.07) is 14.7. The van der Waals surface area contributed by atoms with Crippen LogP contribution in [0.1, 0.15) is 38.3 Å². The Balaban J connectivity index is 1.47. The first-order valence-electron chi connectivity index (χ1n) is 12.2. The molecule has 0 radical (unpaired) electrons. The first kappa shape index (κ1) is 21.9. The maximum atomic E-state index is 10.2. The van der Waals surface area contributed by atoms with Crippen molar-refractivity contribution < 1.29 is 5.11 Å². The van der Waals surface area contributed by atoms with Crippen LogP contribution in [-0.2, 0) is 0 Å². The van der Waals surface area contributed by atoms with E-state index in [0.29, 0.717) is 0 Å². The maximum Gasteiger partial charge on any atom is 0.137 e. The second kappa shape index (κ2) is 9.91. The molecule has 1 saturated heterocycles. The van der Waals surface area contributed by atoms with Gasteiger partial charge in [-0.05, 0) is 48.9 Å². The van der Waals surface area contributed by atoms with Crippen molar-refractivity contribution in [3.8, 4) is 23.1 Å². The molecule has 170 valence electrons. The number of piperazine rings is 1. The van der Waals surface area contributed by atoms with E-state index in [9.17, 15) is 5.11 Å². The lowest BCUT2D eigenvalue weighted by molar-refractivity contribution is 0.0970. The highest BCUT2D eigenvalue weighted by Gasteiger charge is 2.21. The predicted molar refractivity (Wildman–Crippen MR) is 134 cm³/mol. The summed E-state index contributed by atoms with van der Waals surface area (Å²) in [6.07, 6.45) is 5.55. The zero-order valence-corrected chi connectivity index (χ0v) is 19.4. The molecule has 2 aliphatic rings. The van der Waals surface area contributed by atoms with Crippen LogP contribution in [-0.4, -0.2) is 58.8 Å². The zero-order chi connectivity index (χ0) is 22.6. The second-order valence-corrected chi connectivity index (χ2v) is 9.13. The fraction of sp³-hybridized carbons (Fsp3) is 0.429. The fourth-order valence-electron chi connectivity index (χ4n) is 4.95. The molecule has 1 aliphatic heterocycles. The van der Waals surface area contributed by atoms with Crippen molar-refractivity contribution in [2.45, 2.75) is 38.7 Å². The van der Waals surface area contributed by atoms with E-state index in [4.69, 9.17) is 4.98 Å². The van der Waals surface area contributed by atoms with Gasteiger partial charge in [0.25, 0.3) is 0 Å². The van der Waals surface area contributed by atoms with Gasteiger partial charge >= 0.3 is 0 Å². The molecular formula is C28H32N4O. The monoisotopic (exact) mass is 440 g/mol. The Morgan fingerprint density at radius 1 is 1.03 bits per heavy atom. The normalized spacial score (nSPS) is 21.6. The molecule has 1 aliphatic carbocycles. The van der Waals surface area contributed by atoms with E-state index in [1.165, 1.54) is 10.8 Å². The largest absolute Gasteiger partial charge is 0.392 e. The summed E-state index contributed by atoms with van der Waals surface area (Å²) in [5, 5.41) is 12.6. The van der Waals surface area contributed by atoms with Crippen LogP contribution >= 0.6 is 0 Å². The Labute approximate surface area is 196 Å². The average Bonchev–Trinajstić information content (AvgIpc) is 2.88. The molecule has 1 saturated carbocycles. The third-order valence-electron chi connectivity index (χ3n) is 7.01. The van der Waals surface area contributed by atoms with Gasteiger partial charge in [-0.15, -0.1) is 0 Å². The van der Waals surface area contributed by atoms with E-state index in [1.807, 2.05) is 18.3 Å². The lowest BCUT2D eigenvalue weighted by atomic mass is 9.87. The molecule has 2 aromatic heterocycles. The minimum atomic E-state index is -0.313. The number of aromatic nitrogens is 2. The van der Waals surface area contributed by atoms with E-state index in [2.05, 4.69) is 63.9 Å². The summed E-state index contributed by atoms with van der Waals surface area (Å²) < 4.78 is 0. The third kappa shape index (κ3) is 4.88. The smallest absolute Gasteiger partial charge is 0.137 e. The van der Waals surface area contributed by atoms with Gasteiger partial charge in [0.15, 0.2) is 0 Å². The highest BCUT2D eigenvalue weighted by atomic mass is 16.3. The Morgan fingerprint density at radius 3 is 2.67 bits per heavy atom. The third-order valence-corrected chi connectivity index (χ3v) is 7.01. The van der Waals surface area contributed by atoms with Crippen LogP contribution < -0.4 is 4.90 Å². The van der Waals surface area contributed by atoms with E-state index < -0.39 is 0 Å². The highest BCUT2D eigenvalue weighted by Crippen LogP contribution is 2.31. The van der Waals surface area contributed by atoms with Crippen molar-refractivity contribution in [2.75, 3.05) is 37.6 Å². The van der Waals surface area contributed by atoms with Crippen molar-refractivity contribution >= 4 is 16.6 Å². The van der Waals surface area contributed by atoms with Crippen LogP contribution in [0.2, 0.25) is 0 Å². The summed E-state index contributed by atoms with van der Waals surface area (Å²) in [5.41, 5.74) is 2.71.